The van der Waals surface area contributed by atoms with E-state index in [2.05, 4.69) is 5.32 Å². The van der Waals surface area contributed by atoms with E-state index in [1.807, 2.05) is 14.0 Å². The summed E-state index contributed by atoms with van der Waals surface area (Å²) in [5, 5.41) is 3.70. The molecule has 0 aliphatic carbocycles. The number of hydrogen-bond acceptors (Lipinski definition) is 4. The lowest BCUT2D eigenvalue weighted by Gasteiger charge is -2.35. The van der Waals surface area contributed by atoms with E-state index in [0.717, 1.165) is 11.3 Å². The van der Waals surface area contributed by atoms with Gasteiger partial charge in [0.1, 0.15) is 11.6 Å². The van der Waals surface area contributed by atoms with Gasteiger partial charge in [-0.3, -0.25) is 4.79 Å². The Morgan fingerprint density at radius 2 is 1.71 bits per heavy atom. The van der Waals surface area contributed by atoms with Gasteiger partial charge in [-0.05, 0) is 68.0 Å². The van der Waals surface area contributed by atoms with Crippen molar-refractivity contribution in [2.75, 3.05) is 7.05 Å². The highest BCUT2D eigenvalue weighted by Gasteiger charge is 2.30. The van der Waals surface area contributed by atoms with Gasteiger partial charge in [0.15, 0.2) is 10.9 Å². The van der Waals surface area contributed by atoms with Crippen LogP contribution in [0.1, 0.15) is 35.8 Å². The van der Waals surface area contributed by atoms with Gasteiger partial charge in [0.2, 0.25) is 0 Å². The summed E-state index contributed by atoms with van der Waals surface area (Å²) in [6, 6.07) is 11.6. The summed E-state index contributed by atoms with van der Waals surface area (Å²) in [6.07, 6.45) is 0. The summed E-state index contributed by atoms with van der Waals surface area (Å²) >= 11 is 5.34. The number of ketones is 1. The third-order valence-corrected chi connectivity index (χ3v) is 5.03. The smallest absolute Gasteiger partial charge is 0.343 e. The Balaban J connectivity index is 1.82. The van der Waals surface area contributed by atoms with E-state index in [4.69, 9.17) is 17.0 Å². The molecule has 0 amide bonds. The third kappa shape index (κ3) is 3.94. The van der Waals surface area contributed by atoms with Crippen LogP contribution in [0.25, 0.3) is 0 Å². The molecule has 0 aromatic heterocycles. The molecule has 2 aromatic carbocycles. The number of halogens is 1. The summed E-state index contributed by atoms with van der Waals surface area (Å²) in [5.41, 5.74) is 2.51. The molecule has 1 aliphatic heterocycles. The minimum Gasteiger partial charge on any atom is -0.423 e. The van der Waals surface area contributed by atoms with Crippen LogP contribution in [0.4, 0.5) is 4.39 Å². The van der Waals surface area contributed by atoms with Gasteiger partial charge in [-0.2, -0.15) is 0 Å². The fourth-order valence-corrected chi connectivity index (χ4v) is 3.28. The second-order valence-corrected chi connectivity index (χ2v) is 6.85. The van der Waals surface area contributed by atoms with Gasteiger partial charge >= 0.3 is 5.97 Å². The number of hydrogen-bond donors (Lipinski definition) is 1. The van der Waals surface area contributed by atoms with E-state index in [1.165, 1.54) is 31.2 Å². The molecule has 0 spiro atoms. The van der Waals surface area contributed by atoms with E-state index < -0.39 is 11.8 Å². The van der Waals surface area contributed by atoms with E-state index in [1.54, 1.807) is 29.2 Å². The molecule has 5 nitrogen and oxygen atoms in total. The van der Waals surface area contributed by atoms with Crippen molar-refractivity contribution in [3.8, 4) is 5.75 Å². The molecule has 2 aromatic rings. The zero-order valence-electron chi connectivity index (χ0n) is 15.7. The Morgan fingerprint density at radius 1 is 1.11 bits per heavy atom. The number of carbonyl (C=O) groups is 2. The van der Waals surface area contributed by atoms with Gasteiger partial charge in [0.05, 0.1) is 11.6 Å². The third-order valence-electron chi connectivity index (χ3n) is 4.64. The first kappa shape index (κ1) is 19.7. The summed E-state index contributed by atoms with van der Waals surface area (Å²) in [5.74, 6) is -0.699. The van der Waals surface area contributed by atoms with Crippen LogP contribution >= 0.6 is 12.2 Å². The average molecular weight is 398 g/mol. The maximum absolute atomic E-state index is 13.0. The fourth-order valence-electron chi connectivity index (χ4n) is 3.02. The van der Waals surface area contributed by atoms with Crippen LogP contribution in [-0.2, 0) is 4.79 Å². The lowest BCUT2D eigenvalue weighted by Crippen LogP contribution is -2.45. The number of esters is 1. The number of rotatable bonds is 4. The summed E-state index contributed by atoms with van der Waals surface area (Å²) in [6.45, 7) is 3.38. The van der Waals surface area contributed by atoms with Gasteiger partial charge < -0.3 is 15.0 Å². The van der Waals surface area contributed by atoms with Crippen LogP contribution in [0.3, 0.4) is 0 Å². The molecular weight excluding hydrogens is 379 g/mol. The maximum atomic E-state index is 13.0. The Kier molecular flexibility index (Phi) is 5.56. The molecule has 1 atom stereocenters. The van der Waals surface area contributed by atoms with E-state index in [-0.39, 0.29) is 17.4 Å². The number of allylic oxidation sites excluding steroid dienone is 1. The average Bonchev–Trinajstić information content (AvgIpc) is 2.66. The molecular formula is C21H19FN2O3S. The Morgan fingerprint density at radius 3 is 2.29 bits per heavy atom. The van der Waals surface area contributed by atoms with Crippen molar-refractivity contribution in [2.45, 2.75) is 19.9 Å². The minimum atomic E-state index is -0.577. The highest BCUT2D eigenvalue weighted by molar-refractivity contribution is 7.80. The number of carbonyl (C=O) groups excluding carboxylic acids is 2. The quantitative estimate of drug-likeness (QED) is 0.481. The van der Waals surface area contributed by atoms with Crippen LogP contribution in [0.2, 0.25) is 0 Å². The van der Waals surface area contributed by atoms with Gasteiger partial charge in [0, 0.05) is 18.3 Å². The predicted octanol–water partition coefficient (Wildman–Crippen LogP) is 3.77. The van der Waals surface area contributed by atoms with Gasteiger partial charge in [0.25, 0.3) is 0 Å². The SMILES string of the molecule is CC(=O)C1=C(C)N(C)C(=S)NC1c1ccc(OC(=O)c2ccc(F)cc2)cc1. The molecule has 28 heavy (non-hydrogen) atoms. The minimum absolute atomic E-state index is 0.0452. The van der Waals surface area contributed by atoms with Crippen molar-refractivity contribution in [3.63, 3.8) is 0 Å². The number of ether oxygens (including phenoxy) is 1. The molecule has 1 aliphatic rings. The van der Waals surface area contributed by atoms with E-state index in [9.17, 15) is 14.0 Å². The molecule has 144 valence electrons. The van der Waals surface area contributed by atoms with Crippen molar-refractivity contribution >= 4 is 29.1 Å². The van der Waals surface area contributed by atoms with Crippen LogP contribution in [0.15, 0.2) is 59.8 Å². The van der Waals surface area contributed by atoms with Crippen molar-refractivity contribution in [1.82, 2.24) is 10.2 Å². The second kappa shape index (κ2) is 7.90. The molecule has 0 saturated heterocycles. The molecule has 0 saturated carbocycles. The number of nitrogens with one attached hydrogen (secondary N) is 1. The normalized spacial score (nSPS) is 16.6. The van der Waals surface area contributed by atoms with Gasteiger partial charge in [-0.25, -0.2) is 9.18 Å². The highest BCUT2D eigenvalue weighted by atomic mass is 32.1. The Hall–Kier alpha value is -3.06. The molecule has 0 fully saturated rings. The first-order valence-electron chi connectivity index (χ1n) is 8.61. The fraction of sp³-hybridized carbons (Fsp3) is 0.190. The number of Topliss-reactive ketones (excluding diaryl/α,β-unsaturated/α-hetero) is 1. The van der Waals surface area contributed by atoms with Gasteiger partial charge in [-0.15, -0.1) is 0 Å². The largest absolute Gasteiger partial charge is 0.423 e. The standard InChI is InChI=1S/C21H19FN2O3S/c1-12-18(13(2)25)19(23-21(28)24(12)3)14-6-10-17(11-7-14)27-20(26)15-4-8-16(22)9-5-15/h4-11,19H,1-3H3,(H,23,28). The Bertz CT molecular complexity index is 968. The lowest BCUT2D eigenvalue weighted by molar-refractivity contribution is -0.114. The van der Waals surface area contributed by atoms with Crippen LogP contribution in [0, 0.1) is 5.82 Å². The molecule has 0 bridgehead atoms. The summed E-state index contributed by atoms with van der Waals surface area (Å²) in [4.78, 5) is 26.1. The lowest BCUT2D eigenvalue weighted by atomic mass is 9.92. The molecule has 3 rings (SSSR count). The first-order valence-corrected chi connectivity index (χ1v) is 9.02. The van der Waals surface area contributed by atoms with Crippen molar-refractivity contribution in [1.29, 1.82) is 0 Å². The predicted molar refractivity (Wildman–Crippen MR) is 107 cm³/mol. The topological polar surface area (TPSA) is 58.6 Å². The Labute approximate surface area is 167 Å². The van der Waals surface area contributed by atoms with E-state index >= 15 is 0 Å². The van der Waals surface area contributed by atoms with Crippen LogP contribution < -0.4 is 10.1 Å². The van der Waals surface area contributed by atoms with E-state index in [0.29, 0.717) is 16.4 Å². The van der Waals surface area contributed by atoms with Crippen molar-refractivity contribution in [3.05, 3.63) is 76.7 Å². The second-order valence-electron chi connectivity index (χ2n) is 6.46. The highest BCUT2D eigenvalue weighted by Crippen LogP contribution is 2.31. The molecule has 1 heterocycles. The molecule has 1 unspecified atom stereocenters. The summed E-state index contributed by atoms with van der Waals surface area (Å²) < 4.78 is 18.3. The van der Waals surface area contributed by atoms with Crippen LogP contribution in [0.5, 0.6) is 5.75 Å². The van der Waals surface area contributed by atoms with Gasteiger partial charge in [-0.1, -0.05) is 12.1 Å². The molecule has 0 radical (unpaired) electrons. The summed E-state index contributed by atoms with van der Waals surface area (Å²) in [7, 11) is 1.81. The molecule has 7 heteroatoms. The maximum Gasteiger partial charge on any atom is 0.343 e. The number of benzene rings is 2. The number of thiocarbonyl (C=S) groups is 1. The monoisotopic (exact) mass is 398 g/mol. The first-order chi connectivity index (χ1) is 13.3. The zero-order chi connectivity index (χ0) is 20.4. The molecule has 1 N–H and O–H groups in total. The van der Waals surface area contributed by atoms with Crippen molar-refractivity contribution < 1.29 is 18.7 Å². The number of nitrogens with zero attached hydrogens (tertiary/aromatic N) is 1. The zero-order valence-corrected chi connectivity index (χ0v) is 16.5. The van der Waals surface area contributed by atoms with Crippen molar-refractivity contribution in [2.24, 2.45) is 0 Å². The van der Waals surface area contributed by atoms with Crippen LogP contribution in [-0.4, -0.2) is 28.8 Å².